The minimum Gasteiger partial charge on any atom is -0.388 e. The van der Waals surface area contributed by atoms with Gasteiger partial charge in [-0.25, -0.2) is 0 Å². The second-order valence-corrected chi connectivity index (χ2v) is 9.38. The lowest BCUT2D eigenvalue weighted by atomic mass is 9.81. The van der Waals surface area contributed by atoms with Gasteiger partial charge in [0.25, 0.3) is 5.91 Å². The first-order valence-electron chi connectivity index (χ1n) is 10.4. The van der Waals surface area contributed by atoms with Crippen LogP contribution in [0, 0.1) is 5.92 Å². The number of aliphatic hydroxyl groups is 1. The molecule has 2 fully saturated rings. The molecule has 3 atom stereocenters. The fourth-order valence-corrected chi connectivity index (χ4v) is 5.48. The van der Waals surface area contributed by atoms with Crippen LogP contribution in [-0.2, 0) is 4.79 Å². The molecule has 2 aliphatic rings. The molecule has 2 amide bonds. The number of hydrogen-bond acceptors (Lipinski definition) is 4. The molecule has 6 heteroatoms. The first-order valence-corrected chi connectivity index (χ1v) is 11.3. The second kappa shape index (κ2) is 8.28. The number of piperidine rings is 1. The van der Waals surface area contributed by atoms with Crippen LogP contribution in [0.15, 0.2) is 47.8 Å². The van der Waals surface area contributed by atoms with Crippen LogP contribution < -0.4 is 5.32 Å². The predicted molar refractivity (Wildman–Crippen MR) is 114 cm³/mol. The molecule has 0 radical (unpaired) electrons. The maximum atomic E-state index is 13.3. The third-order valence-electron chi connectivity index (χ3n) is 6.32. The maximum Gasteiger partial charge on any atom is 0.254 e. The van der Waals surface area contributed by atoms with Crippen LogP contribution in [0.4, 0.5) is 0 Å². The van der Waals surface area contributed by atoms with E-state index in [4.69, 9.17) is 0 Å². The van der Waals surface area contributed by atoms with Crippen LogP contribution in [0.2, 0.25) is 0 Å². The summed E-state index contributed by atoms with van der Waals surface area (Å²) in [4.78, 5) is 29.1. The Kier molecular flexibility index (Phi) is 5.74. The summed E-state index contributed by atoms with van der Waals surface area (Å²) in [6.45, 7) is 2.22. The molecule has 1 aromatic carbocycles. The van der Waals surface area contributed by atoms with Crippen molar-refractivity contribution in [3.63, 3.8) is 0 Å². The highest BCUT2D eigenvalue weighted by molar-refractivity contribution is 7.10. The summed E-state index contributed by atoms with van der Waals surface area (Å²) < 4.78 is 0. The van der Waals surface area contributed by atoms with Crippen LogP contribution in [0.5, 0.6) is 0 Å². The van der Waals surface area contributed by atoms with Crippen molar-refractivity contribution in [2.45, 2.75) is 56.7 Å². The molecular weight excluding hydrogens is 384 g/mol. The SMILES string of the molecule is CC1(O)CCN(C(=O)c2ccccc2)C(c2cccs2)C1NC(=O)C1CCCC1. The van der Waals surface area contributed by atoms with Gasteiger partial charge in [0, 0.05) is 22.9 Å². The predicted octanol–water partition coefficient (Wildman–Crippen LogP) is 3.76. The Bertz CT molecular complexity index is 844. The van der Waals surface area contributed by atoms with Crippen LogP contribution in [0.3, 0.4) is 0 Å². The highest BCUT2D eigenvalue weighted by Crippen LogP contribution is 2.40. The van der Waals surface area contributed by atoms with Crippen molar-refractivity contribution in [1.29, 1.82) is 0 Å². The molecular formula is C23H28N2O3S. The third-order valence-corrected chi connectivity index (χ3v) is 7.26. The van der Waals surface area contributed by atoms with Crippen LogP contribution in [0.1, 0.15) is 60.3 Å². The number of carbonyl (C=O) groups is 2. The Balaban J connectivity index is 1.67. The minimum absolute atomic E-state index is 0.00309. The number of likely N-dealkylation sites (tertiary alicyclic amines) is 1. The van der Waals surface area contributed by atoms with E-state index in [1.165, 1.54) is 0 Å². The molecule has 154 valence electrons. The molecule has 1 saturated heterocycles. The molecule has 29 heavy (non-hydrogen) atoms. The zero-order valence-corrected chi connectivity index (χ0v) is 17.5. The summed E-state index contributed by atoms with van der Waals surface area (Å²) in [7, 11) is 0. The van der Waals surface area contributed by atoms with Crippen molar-refractivity contribution in [3.05, 3.63) is 58.3 Å². The summed E-state index contributed by atoms with van der Waals surface area (Å²) in [5.74, 6) is -0.0575. The van der Waals surface area contributed by atoms with E-state index in [1.54, 1.807) is 18.3 Å². The Morgan fingerprint density at radius 1 is 1.14 bits per heavy atom. The first-order chi connectivity index (χ1) is 14.0. The molecule has 5 nitrogen and oxygen atoms in total. The Hall–Kier alpha value is -2.18. The van der Waals surface area contributed by atoms with Gasteiger partial charge < -0.3 is 15.3 Å². The van der Waals surface area contributed by atoms with Crippen molar-refractivity contribution in [1.82, 2.24) is 10.2 Å². The van der Waals surface area contributed by atoms with Gasteiger partial charge in [0.15, 0.2) is 0 Å². The van der Waals surface area contributed by atoms with E-state index in [1.807, 2.05) is 52.7 Å². The van der Waals surface area contributed by atoms with Crippen molar-refractivity contribution < 1.29 is 14.7 Å². The zero-order chi connectivity index (χ0) is 20.4. The number of rotatable bonds is 4. The van der Waals surface area contributed by atoms with Gasteiger partial charge in [-0.3, -0.25) is 9.59 Å². The van der Waals surface area contributed by atoms with Crippen molar-refractivity contribution in [2.75, 3.05) is 6.54 Å². The number of nitrogens with zero attached hydrogens (tertiary/aromatic N) is 1. The smallest absolute Gasteiger partial charge is 0.254 e. The molecule has 1 saturated carbocycles. The summed E-state index contributed by atoms with van der Waals surface area (Å²) in [6.07, 6.45) is 4.37. The number of thiophene rings is 1. The second-order valence-electron chi connectivity index (χ2n) is 8.40. The van der Waals surface area contributed by atoms with E-state index < -0.39 is 17.7 Å². The number of carbonyl (C=O) groups excluding carboxylic acids is 2. The molecule has 1 aliphatic carbocycles. The summed E-state index contributed by atoms with van der Waals surface area (Å²) in [5, 5.41) is 16.3. The molecule has 2 N–H and O–H groups in total. The van der Waals surface area contributed by atoms with Gasteiger partial charge in [0.05, 0.1) is 17.7 Å². The van der Waals surface area contributed by atoms with Crippen molar-refractivity contribution >= 4 is 23.2 Å². The van der Waals surface area contributed by atoms with Gasteiger partial charge in [0.2, 0.25) is 5.91 Å². The Labute approximate surface area is 175 Å². The molecule has 0 spiro atoms. The number of amides is 2. The number of hydrogen-bond donors (Lipinski definition) is 2. The monoisotopic (exact) mass is 412 g/mol. The molecule has 3 unspecified atom stereocenters. The van der Waals surface area contributed by atoms with E-state index in [-0.39, 0.29) is 17.7 Å². The first kappa shape index (κ1) is 20.1. The van der Waals surface area contributed by atoms with E-state index in [0.29, 0.717) is 18.5 Å². The molecule has 2 aromatic rings. The molecule has 2 heterocycles. The Morgan fingerprint density at radius 3 is 2.52 bits per heavy atom. The van der Waals surface area contributed by atoms with Crippen molar-refractivity contribution in [2.24, 2.45) is 5.92 Å². The molecule has 1 aromatic heterocycles. The zero-order valence-electron chi connectivity index (χ0n) is 16.7. The largest absolute Gasteiger partial charge is 0.388 e. The van der Waals surface area contributed by atoms with E-state index in [2.05, 4.69) is 5.32 Å². The van der Waals surface area contributed by atoms with Gasteiger partial charge in [-0.05, 0) is 49.8 Å². The number of nitrogens with one attached hydrogen (secondary N) is 1. The topological polar surface area (TPSA) is 69.6 Å². The van der Waals surface area contributed by atoms with Crippen LogP contribution >= 0.6 is 11.3 Å². The lowest BCUT2D eigenvalue weighted by Gasteiger charge is -2.49. The lowest BCUT2D eigenvalue weighted by Crippen LogP contribution is -2.63. The van der Waals surface area contributed by atoms with E-state index in [0.717, 1.165) is 30.6 Å². The standard InChI is InChI=1S/C23H28N2O3S/c1-23(28)13-14-25(22(27)17-10-3-2-4-11-17)19(18-12-7-15-29-18)20(23)24-21(26)16-8-5-6-9-16/h2-4,7,10-12,15-16,19-20,28H,5-6,8-9,13-14H2,1H3,(H,24,26). The van der Waals surface area contributed by atoms with Gasteiger partial charge >= 0.3 is 0 Å². The fraction of sp³-hybridized carbons (Fsp3) is 0.478. The summed E-state index contributed by atoms with van der Waals surface area (Å²) in [5.41, 5.74) is -0.465. The summed E-state index contributed by atoms with van der Waals surface area (Å²) >= 11 is 1.55. The minimum atomic E-state index is -1.09. The summed E-state index contributed by atoms with van der Waals surface area (Å²) in [6, 6.07) is 12.2. The van der Waals surface area contributed by atoms with Gasteiger partial charge in [-0.15, -0.1) is 11.3 Å². The third kappa shape index (κ3) is 4.09. The van der Waals surface area contributed by atoms with E-state index >= 15 is 0 Å². The lowest BCUT2D eigenvalue weighted by molar-refractivity contribution is -0.131. The average Bonchev–Trinajstić information content (AvgIpc) is 3.43. The molecule has 4 rings (SSSR count). The highest BCUT2D eigenvalue weighted by Gasteiger charge is 2.48. The molecule has 1 aliphatic heterocycles. The quantitative estimate of drug-likeness (QED) is 0.803. The number of benzene rings is 1. The average molecular weight is 413 g/mol. The van der Waals surface area contributed by atoms with Crippen LogP contribution in [0.25, 0.3) is 0 Å². The Morgan fingerprint density at radius 2 is 1.86 bits per heavy atom. The highest BCUT2D eigenvalue weighted by atomic mass is 32.1. The van der Waals surface area contributed by atoms with Crippen LogP contribution in [-0.4, -0.2) is 40.0 Å². The molecule has 0 bridgehead atoms. The van der Waals surface area contributed by atoms with E-state index in [9.17, 15) is 14.7 Å². The van der Waals surface area contributed by atoms with Gasteiger partial charge in [0.1, 0.15) is 0 Å². The van der Waals surface area contributed by atoms with Crippen molar-refractivity contribution in [3.8, 4) is 0 Å². The van der Waals surface area contributed by atoms with Gasteiger partial charge in [-0.1, -0.05) is 37.1 Å². The fourth-order valence-electron chi connectivity index (χ4n) is 4.61. The normalized spacial score (nSPS) is 27.7. The van der Waals surface area contributed by atoms with Gasteiger partial charge in [-0.2, -0.15) is 0 Å². The maximum absolute atomic E-state index is 13.3.